The third-order valence-electron chi connectivity index (χ3n) is 4.09. The first kappa shape index (κ1) is 20.3. The van der Waals surface area contributed by atoms with Crippen LogP contribution in [-0.2, 0) is 26.0 Å². The Bertz CT molecular complexity index is 921. The Kier molecular flexibility index (Phi) is 6.53. The summed E-state index contributed by atoms with van der Waals surface area (Å²) in [4.78, 5) is 17.9. The standard InChI is InChI=1S/C17H21N3O4S3/c1-12-15(26-17(18-12)25-2)11-16(21)19-13-4-3-5-14(10-13)27(22,23)20-6-8-24-9-7-20/h3-5,10H,6-9,11H2,1-2H3,(H,19,21). The number of carbonyl (C=O) groups excluding carboxylic acids is 1. The van der Waals surface area contributed by atoms with Crippen molar-refractivity contribution in [2.45, 2.75) is 22.6 Å². The van der Waals surface area contributed by atoms with Crippen LogP contribution in [0.5, 0.6) is 0 Å². The van der Waals surface area contributed by atoms with E-state index in [9.17, 15) is 13.2 Å². The van der Waals surface area contributed by atoms with Crippen molar-refractivity contribution >= 4 is 44.7 Å². The van der Waals surface area contributed by atoms with E-state index >= 15 is 0 Å². The molecule has 1 N–H and O–H groups in total. The number of ether oxygens (including phenoxy) is 1. The fourth-order valence-electron chi connectivity index (χ4n) is 2.67. The summed E-state index contributed by atoms with van der Waals surface area (Å²) >= 11 is 3.05. The van der Waals surface area contributed by atoms with Gasteiger partial charge in [0.1, 0.15) is 4.34 Å². The molecule has 7 nitrogen and oxygen atoms in total. The Morgan fingerprint density at radius 1 is 1.37 bits per heavy atom. The van der Waals surface area contributed by atoms with Crippen molar-refractivity contribution in [2.75, 3.05) is 37.9 Å². The fourth-order valence-corrected chi connectivity index (χ4v) is 5.78. The molecule has 1 saturated heterocycles. The van der Waals surface area contributed by atoms with Crippen LogP contribution >= 0.6 is 23.1 Å². The Morgan fingerprint density at radius 3 is 2.78 bits per heavy atom. The number of nitrogens with one attached hydrogen (secondary N) is 1. The number of aromatic nitrogens is 1. The molecule has 2 heterocycles. The molecule has 146 valence electrons. The van der Waals surface area contributed by atoms with Crippen molar-refractivity contribution in [1.29, 1.82) is 0 Å². The van der Waals surface area contributed by atoms with Crippen LogP contribution < -0.4 is 5.32 Å². The van der Waals surface area contributed by atoms with E-state index in [4.69, 9.17) is 4.74 Å². The number of thiazole rings is 1. The van der Waals surface area contributed by atoms with Gasteiger partial charge in [-0.15, -0.1) is 11.3 Å². The minimum Gasteiger partial charge on any atom is -0.379 e. The molecule has 0 atom stereocenters. The van der Waals surface area contributed by atoms with E-state index in [1.54, 1.807) is 30.0 Å². The number of hydrogen-bond donors (Lipinski definition) is 1. The van der Waals surface area contributed by atoms with Crippen LogP contribution in [0.4, 0.5) is 5.69 Å². The Morgan fingerprint density at radius 2 is 2.11 bits per heavy atom. The predicted octanol–water partition coefficient (Wildman–Crippen LogP) is 2.38. The second-order valence-electron chi connectivity index (χ2n) is 5.96. The zero-order valence-electron chi connectivity index (χ0n) is 15.1. The molecular weight excluding hydrogens is 406 g/mol. The zero-order valence-corrected chi connectivity index (χ0v) is 17.5. The van der Waals surface area contributed by atoms with E-state index in [1.165, 1.54) is 21.7 Å². The van der Waals surface area contributed by atoms with Crippen molar-refractivity contribution in [2.24, 2.45) is 0 Å². The summed E-state index contributed by atoms with van der Waals surface area (Å²) in [5, 5.41) is 2.79. The Labute approximate surface area is 167 Å². The second-order valence-corrected chi connectivity index (χ2v) is 10.0. The molecule has 0 radical (unpaired) electrons. The molecule has 10 heteroatoms. The number of hydrogen-bond acceptors (Lipinski definition) is 7. The largest absolute Gasteiger partial charge is 0.379 e. The summed E-state index contributed by atoms with van der Waals surface area (Å²) in [6.45, 7) is 3.33. The monoisotopic (exact) mass is 427 g/mol. The van der Waals surface area contributed by atoms with Crippen molar-refractivity contribution in [1.82, 2.24) is 9.29 Å². The second kappa shape index (κ2) is 8.70. The Balaban J connectivity index is 1.71. The van der Waals surface area contributed by atoms with Gasteiger partial charge in [-0.2, -0.15) is 4.31 Å². The summed E-state index contributed by atoms with van der Waals surface area (Å²) in [7, 11) is -3.59. The smallest absolute Gasteiger partial charge is 0.243 e. The fraction of sp³-hybridized carbons (Fsp3) is 0.412. The summed E-state index contributed by atoms with van der Waals surface area (Å²) < 4.78 is 33.0. The van der Waals surface area contributed by atoms with E-state index in [1.807, 2.05) is 13.2 Å². The zero-order chi connectivity index (χ0) is 19.4. The molecule has 1 aromatic heterocycles. The van der Waals surface area contributed by atoms with Gasteiger partial charge in [0.2, 0.25) is 15.9 Å². The van der Waals surface area contributed by atoms with E-state index in [0.29, 0.717) is 32.0 Å². The first-order valence-electron chi connectivity index (χ1n) is 8.38. The maximum atomic E-state index is 12.7. The topological polar surface area (TPSA) is 88.6 Å². The minimum atomic E-state index is -3.59. The lowest BCUT2D eigenvalue weighted by molar-refractivity contribution is -0.115. The van der Waals surface area contributed by atoms with Crippen LogP contribution in [0.25, 0.3) is 0 Å². The van der Waals surface area contributed by atoms with E-state index < -0.39 is 10.0 Å². The highest BCUT2D eigenvalue weighted by molar-refractivity contribution is 8.00. The molecule has 1 aliphatic rings. The van der Waals surface area contributed by atoms with Gasteiger partial charge >= 0.3 is 0 Å². The number of benzene rings is 1. The maximum absolute atomic E-state index is 12.7. The van der Waals surface area contributed by atoms with Crippen LogP contribution in [0.15, 0.2) is 33.5 Å². The van der Waals surface area contributed by atoms with E-state index in [2.05, 4.69) is 10.3 Å². The van der Waals surface area contributed by atoms with Gasteiger partial charge in [-0.3, -0.25) is 4.79 Å². The summed E-state index contributed by atoms with van der Waals surface area (Å²) in [5.74, 6) is -0.199. The van der Waals surface area contributed by atoms with Gasteiger partial charge in [0.05, 0.1) is 30.2 Å². The lowest BCUT2D eigenvalue weighted by atomic mass is 10.2. The van der Waals surface area contributed by atoms with Gasteiger partial charge < -0.3 is 10.1 Å². The SMILES string of the molecule is CSc1nc(C)c(CC(=O)Nc2cccc(S(=O)(=O)N3CCOCC3)c2)s1. The predicted molar refractivity (Wildman–Crippen MR) is 107 cm³/mol. The molecule has 1 amide bonds. The molecular formula is C17H21N3O4S3. The third-order valence-corrected chi connectivity index (χ3v) is 8.13. The van der Waals surface area contributed by atoms with Crippen LogP contribution in [-0.4, -0.2) is 56.2 Å². The Hall–Kier alpha value is -1.46. The quantitative estimate of drug-likeness (QED) is 0.712. The molecule has 0 bridgehead atoms. The highest BCUT2D eigenvalue weighted by atomic mass is 32.2. The summed E-state index contributed by atoms with van der Waals surface area (Å²) in [6.07, 6.45) is 2.16. The van der Waals surface area contributed by atoms with Crippen LogP contribution in [0, 0.1) is 6.92 Å². The minimum absolute atomic E-state index is 0.167. The van der Waals surface area contributed by atoms with Gasteiger partial charge in [0.15, 0.2) is 0 Å². The highest BCUT2D eigenvalue weighted by Gasteiger charge is 2.26. The van der Waals surface area contributed by atoms with Crippen LogP contribution in [0.2, 0.25) is 0 Å². The first-order chi connectivity index (χ1) is 12.9. The van der Waals surface area contributed by atoms with Crippen molar-refractivity contribution in [3.63, 3.8) is 0 Å². The number of nitrogens with zero attached hydrogens (tertiary/aromatic N) is 2. The number of rotatable bonds is 6. The number of morpholine rings is 1. The lowest BCUT2D eigenvalue weighted by Crippen LogP contribution is -2.40. The molecule has 1 fully saturated rings. The van der Waals surface area contributed by atoms with Gasteiger partial charge in [-0.25, -0.2) is 13.4 Å². The molecule has 3 rings (SSSR count). The molecule has 0 unspecified atom stereocenters. The first-order valence-corrected chi connectivity index (χ1v) is 11.9. The van der Waals surface area contributed by atoms with E-state index in [0.717, 1.165) is 14.9 Å². The third kappa shape index (κ3) is 4.88. The molecule has 0 saturated carbocycles. The number of aryl methyl sites for hydroxylation is 1. The van der Waals surface area contributed by atoms with E-state index in [-0.39, 0.29) is 17.2 Å². The van der Waals surface area contributed by atoms with Gasteiger partial charge in [-0.1, -0.05) is 17.8 Å². The number of sulfonamides is 1. The number of carbonyl (C=O) groups is 1. The van der Waals surface area contributed by atoms with Gasteiger partial charge in [0.25, 0.3) is 0 Å². The molecule has 1 aromatic carbocycles. The lowest BCUT2D eigenvalue weighted by Gasteiger charge is -2.26. The highest BCUT2D eigenvalue weighted by Crippen LogP contribution is 2.26. The van der Waals surface area contributed by atoms with Gasteiger partial charge in [-0.05, 0) is 31.4 Å². The van der Waals surface area contributed by atoms with Crippen molar-refractivity contribution in [3.05, 3.63) is 34.8 Å². The number of thioether (sulfide) groups is 1. The molecule has 1 aliphatic heterocycles. The average molecular weight is 428 g/mol. The van der Waals surface area contributed by atoms with Crippen LogP contribution in [0.3, 0.4) is 0 Å². The normalized spacial score (nSPS) is 15.6. The van der Waals surface area contributed by atoms with Crippen LogP contribution in [0.1, 0.15) is 10.6 Å². The number of amides is 1. The molecule has 2 aromatic rings. The van der Waals surface area contributed by atoms with Gasteiger partial charge in [0, 0.05) is 23.7 Å². The summed E-state index contributed by atoms with van der Waals surface area (Å²) in [6, 6.07) is 6.35. The molecule has 27 heavy (non-hydrogen) atoms. The summed E-state index contributed by atoms with van der Waals surface area (Å²) in [5.41, 5.74) is 1.31. The number of anilines is 1. The average Bonchev–Trinajstić information content (AvgIpc) is 3.02. The molecule has 0 aliphatic carbocycles. The molecule has 0 spiro atoms. The van der Waals surface area contributed by atoms with Crippen molar-refractivity contribution < 1.29 is 17.9 Å². The maximum Gasteiger partial charge on any atom is 0.243 e. The van der Waals surface area contributed by atoms with Crippen molar-refractivity contribution in [3.8, 4) is 0 Å².